The van der Waals surface area contributed by atoms with E-state index >= 15 is 0 Å². The monoisotopic (exact) mass is 400 g/mol. The van der Waals surface area contributed by atoms with Crippen molar-refractivity contribution in [2.45, 2.75) is 96.7 Å². The standard InChI is InChI=1S/C26H40O3/c1-3-5-6-7-8-9-10-11-12-13-14-15-19-22-24(27)25(4-2)29-26(28)23-20-17-16-18-21-23/h12-13,15-21,24-25,27H,3-11,14,22H2,1-2H3/b13-12-,19-15-/t24-,25-/m0/s1. The summed E-state index contributed by atoms with van der Waals surface area (Å²) in [5, 5.41) is 10.3. The maximum atomic E-state index is 12.1. The normalized spacial score (nSPS) is 13.8. The molecule has 162 valence electrons. The van der Waals surface area contributed by atoms with E-state index in [2.05, 4.69) is 25.2 Å². The Balaban J connectivity index is 2.16. The molecule has 1 aromatic rings. The highest BCUT2D eigenvalue weighted by molar-refractivity contribution is 5.89. The Bertz CT molecular complexity index is 577. The quantitative estimate of drug-likeness (QED) is 0.184. The van der Waals surface area contributed by atoms with Gasteiger partial charge in [0.15, 0.2) is 0 Å². The third kappa shape index (κ3) is 12.3. The SMILES string of the molecule is CCCCCCCCC/C=C\C/C=C\C[C@H](O)[C@H](CC)OC(=O)c1ccccc1. The largest absolute Gasteiger partial charge is 0.456 e. The van der Waals surface area contributed by atoms with Crippen molar-refractivity contribution in [1.29, 1.82) is 0 Å². The van der Waals surface area contributed by atoms with E-state index in [1.807, 2.05) is 19.1 Å². The fourth-order valence-electron chi connectivity index (χ4n) is 3.21. The lowest BCUT2D eigenvalue weighted by Crippen LogP contribution is -2.30. The number of benzene rings is 1. The van der Waals surface area contributed by atoms with Crippen LogP contribution in [0.4, 0.5) is 0 Å². The summed E-state index contributed by atoms with van der Waals surface area (Å²) >= 11 is 0. The summed E-state index contributed by atoms with van der Waals surface area (Å²) in [6.45, 7) is 4.17. The summed E-state index contributed by atoms with van der Waals surface area (Å²) in [6, 6.07) is 8.91. The molecule has 0 saturated carbocycles. The number of hydrogen-bond donors (Lipinski definition) is 1. The van der Waals surface area contributed by atoms with Gasteiger partial charge in [0.1, 0.15) is 6.10 Å². The van der Waals surface area contributed by atoms with E-state index in [9.17, 15) is 9.90 Å². The van der Waals surface area contributed by atoms with Crippen LogP contribution >= 0.6 is 0 Å². The summed E-state index contributed by atoms with van der Waals surface area (Å²) in [4.78, 5) is 12.1. The van der Waals surface area contributed by atoms with E-state index in [1.54, 1.807) is 24.3 Å². The Morgan fingerprint density at radius 2 is 1.59 bits per heavy atom. The average molecular weight is 401 g/mol. The zero-order chi connectivity index (χ0) is 21.2. The maximum Gasteiger partial charge on any atom is 0.338 e. The Morgan fingerprint density at radius 3 is 2.28 bits per heavy atom. The number of carbonyl (C=O) groups is 1. The second kappa shape index (κ2) is 17.0. The molecule has 29 heavy (non-hydrogen) atoms. The van der Waals surface area contributed by atoms with Crippen molar-refractivity contribution in [3.63, 3.8) is 0 Å². The molecular formula is C26H40O3. The second-order valence-corrected chi connectivity index (χ2v) is 7.61. The number of allylic oxidation sites excluding steroid dienone is 3. The zero-order valence-electron chi connectivity index (χ0n) is 18.4. The highest BCUT2D eigenvalue weighted by atomic mass is 16.6. The lowest BCUT2D eigenvalue weighted by Gasteiger charge is -2.21. The van der Waals surface area contributed by atoms with Crippen LogP contribution in [0.3, 0.4) is 0 Å². The van der Waals surface area contributed by atoms with E-state index in [-0.39, 0.29) is 5.97 Å². The molecule has 3 nitrogen and oxygen atoms in total. The zero-order valence-corrected chi connectivity index (χ0v) is 18.4. The number of aliphatic hydroxyl groups is 1. The molecule has 0 aliphatic heterocycles. The number of rotatable bonds is 16. The van der Waals surface area contributed by atoms with Crippen molar-refractivity contribution in [1.82, 2.24) is 0 Å². The van der Waals surface area contributed by atoms with Gasteiger partial charge >= 0.3 is 5.97 Å². The number of unbranched alkanes of at least 4 members (excludes halogenated alkanes) is 7. The molecule has 0 spiro atoms. The highest BCUT2D eigenvalue weighted by Crippen LogP contribution is 2.13. The minimum Gasteiger partial charge on any atom is -0.456 e. The fraction of sp³-hybridized carbons (Fsp3) is 0.577. The van der Waals surface area contributed by atoms with Crippen molar-refractivity contribution in [2.75, 3.05) is 0 Å². The lowest BCUT2D eigenvalue weighted by atomic mass is 10.1. The molecule has 1 aromatic carbocycles. The second-order valence-electron chi connectivity index (χ2n) is 7.61. The van der Waals surface area contributed by atoms with Gasteiger partial charge in [-0.05, 0) is 44.2 Å². The first-order chi connectivity index (χ1) is 14.2. The molecule has 0 aromatic heterocycles. The molecule has 0 radical (unpaired) electrons. The Labute approximate surface area is 177 Å². The van der Waals surface area contributed by atoms with Gasteiger partial charge in [0.2, 0.25) is 0 Å². The van der Waals surface area contributed by atoms with Crippen LogP contribution < -0.4 is 0 Å². The molecule has 0 unspecified atom stereocenters. The molecule has 1 N–H and O–H groups in total. The third-order valence-electron chi connectivity index (χ3n) is 5.06. The Morgan fingerprint density at radius 1 is 0.931 bits per heavy atom. The van der Waals surface area contributed by atoms with Gasteiger partial charge < -0.3 is 9.84 Å². The minimum atomic E-state index is -0.680. The molecule has 0 saturated heterocycles. The van der Waals surface area contributed by atoms with Crippen molar-refractivity contribution >= 4 is 5.97 Å². The summed E-state index contributed by atoms with van der Waals surface area (Å²) < 4.78 is 5.47. The van der Waals surface area contributed by atoms with E-state index in [4.69, 9.17) is 4.74 Å². The van der Waals surface area contributed by atoms with Gasteiger partial charge in [0, 0.05) is 0 Å². The van der Waals surface area contributed by atoms with Crippen LogP contribution in [0.5, 0.6) is 0 Å². The Kier molecular flexibility index (Phi) is 14.8. The predicted octanol–water partition coefficient (Wildman–Crippen LogP) is 7.02. The maximum absolute atomic E-state index is 12.1. The highest BCUT2D eigenvalue weighted by Gasteiger charge is 2.21. The van der Waals surface area contributed by atoms with Crippen LogP contribution in [-0.4, -0.2) is 23.3 Å². The van der Waals surface area contributed by atoms with Crippen LogP contribution in [0.25, 0.3) is 0 Å². The van der Waals surface area contributed by atoms with Gasteiger partial charge in [-0.2, -0.15) is 0 Å². The van der Waals surface area contributed by atoms with Crippen molar-refractivity contribution < 1.29 is 14.6 Å². The number of hydrogen-bond acceptors (Lipinski definition) is 3. The predicted molar refractivity (Wildman–Crippen MR) is 122 cm³/mol. The molecular weight excluding hydrogens is 360 g/mol. The average Bonchev–Trinajstić information content (AvgIpc) is 2.75. The van der Waals surface area contributed by atoms with Gasteiger partial charge in [0.25, 0.3) is 0 Å². The minimum absolute atomic E-state index is 0.381. The fourth-order valence-corrected chi connectivity index (χ4v) is 3.21. The van der Waals surface area contributed by atoms with Crippen LogP contribution in [0, 0.1) is 0 Å². The summed E-state index contributed by atoms with van der Waals surface area (Å²) in [5.41, 5.74) is 0.514. The first-order valence-electron chi connectivity index (χ1n) is 11.4. The van der Waals surface area contributed by atoms with Gasteiger partial charge in [-0.3, -0.25) is 0 Å². The van der Waals surface area contributed by atoms with Crippen LogP contribution in [0.15, 0.2) is 54.6 Å². The molecule has 1 rings (SSSR count). The van der Waals surface area contributed by atoms with Crippen LogP contribution in [0.1, 0.15) is 94.8 Å². The number of esters is 1. The van der Waals surface area contributed by atoms with Crippen molar-refractivity contribution in [2.24, 2.45) is 0 Å². The van der Waals surface area contributed by atoms with E-state index in [1.165, 1.54) is 44.9 Å². The third-order valence-corrected chi connectivity index (χ3v) is 5.06. The summed E-state index contributed by atoms with van der Waals surface area (Å²) in [7, 11) is 0. The van der Waals surface area contributed by atoms with E-state index in [0.29, 0.717) is 18.4 Å². The smallest absolute Gasteiger partial charge is 0.338 e. The number of ether oxygens (including phenoxy) is 1. The van der Waals surface area contributed by atoms with Gasteiger partial charge in [-0.1, -0.05) is 94.9 Å². The topological polar surface area (TPSA) is 46.5 Å². The number of carbonyl (C=O) groups excluding carboxylic acids is 1. The van der Waals surface area contributed by atoms with E-state index in [0.717, 1.165) is 12.8 Å². The molecule has 0 heterocycles. The summed E-state index contributed by atoms with van der Waals surface area (Å²) in [6.07, 6.45) is 19.8. The molecule has 3 heteroatoms. The molecule has 2 atom stereocenters. The van der Waals surface area contributed by atoms with Gasteiger partial charge in [0.05, 0.1) is 11.7 Å². The lowest BCUT2D eigenvalue weighted by molar-refractivity contribution is -0.0185. The molecule has 0 aliphatic carbocycles. The molecule has 0 fully saturated rings. The van der Waals surface area contributed by atoms with Crippen molar-refractivity contribution in [3.8, 4) is 0 Å². The molecule has 0 aliphatic rings. The molecule has 0 amide bonds. The van der Waals surface area contributed by atoms with Gasteiger partial charge in [-0.25, -0.2) is 4.79 Å². The molecule has 0 bridgehead atoms. The first-order valence-corrected chi connectivity index (χ1v) is 11.4. The first kappa shape index (κ1) is 25.2. The summed E-state index contributed by atoms with van der Waals surface area (Å²) in [5.74, 6) is -0.381. The van der Waals surface area contributed by atoms with Crippen molar-refractivity contribution in [3.05, 3.63) is 60.2 Å². The number of aliphatic hydroxyl groups excluding tert-OH is 1. The van der Waals surface area contributed by atoms with Crippen LogP contribution in [-0.2, 0) is 4.74 Å². The van der Waals surface area contributed by atoms with E-state index < -0.39 is 12.2 Å². The Hall–Kier alpha value is -1.87. The van der Waals surface area contributed by atoms with Crippen LogP contribution in [0.2, 0.25) is 0 Å². The van der Waals surface area contributed by atoms with Gasteiger partial charge in [-0.15, -0.1) is 0 Å².